The Bertz CT molecular complexity index is 289. The number of rotatable bonds is 4. The number of halogens is 1. The molecule has 0 N–H and O–H groups in total. The van der Waals surface area contributed by atoms with Crippen molar-refractivity contribution in [1.82, 2.24) is 9.78 Å². The van der Waals surface area contributed by atoms with Crippen molar-refractivity contribution in [1.29, 1.82) is 0 Å². The maximum absolute atomic E-state index is 4.31. The molecule has 0 aliphatic heterocycles. The predicted octanol–water partition coefficient (Wildman–Crippen LogP) is 3.35. The van der Waals surface area contributed by atoms with Crippen LogP contribution in [-0.4, -0.2) is 14.6 Å². The first-order valence-corrected chi connectivity index (χ1v) is 6.05. The molecule has 1 aromatic rings. The Morgan fingerprint density at radius 2 is 2.21 bits per heavy atom. The molecule has 1 rings (SSSR count). The maximum Gasteiger partial charge on any atom is 0.0492 e. The van der Waals surface area contributed by atoms with E-state index < -0.39 is 0 Å². The molecule has 0 aliphatic rings. The Morgan fingerprint density at radius 1 is 1.57 bits per heavy atom. The molecule has 0 bridgehead atoms. The molecule has 3 heteroatoms. The van der Waals surface area contributed by atoms with Crippen LogP contribution in [0.5, 0.6) is 0 Å². The monoisotopic (exact) mass is 258 g/mol. The van der Waals surface area contributed by atoms with E-state index in [0.717, 1.165) is 13.0 Å². The zero-order chi connectivity index (χ0) is 10.8. The Kier molecular flexibility index (Phi) is 3.76. The summed E-state index contributed by atoms with van der Waals surface area (Å²) in [6.07, 6.45) is 3.01. The molecule has 1 heterocycles. The molecule has 0 radical (unpaired) electrons. The van der Waals surface area contributed by atoms with E-state index >= 15 is 0 Å². The molecule has 0 aromatic carbocycles. The lowest BCUT2D eigenvalue weighted by Gasteiger charge is -2.26. The van der Waals surface area contributed by atoms with Crippen molar-refractivity contribution in [3.8, 4) is 0 Å². The minimum atomic E-state index is 0.190. The van der Waals surface area contributed by atoms with Gasteiger partial charge in [0.15, 0.2) is 0 Å². The average molecular weight is 259 g/mol. The van der Waals surface area contributed by atoms with Crippen molar-refractivity contribution in [3.05, 3.63) is 18.0 Å². The first-order valence-electron chi connectivity index (χ1n) is 5.13. The smallest absolute Gasteiger partial charge is 0.0492 e. The van der Waals surface area contributed by atoms with E-state index in [0.29, 0.717) is 4.83 Å². The third-order valence-corrected chi connectivity index (χ3v) is 2.82. The largest absolute Gasteiger partial charge is 0.269 e. The fourth-order valence-corrected chi connectivity index (χ4v) is 2.78. The molecule has 0 fully saturated rings. The number of hydrogen-bond donors (Lipinski definition) is 0. The second kappa shape index (κ2) is 4.47. The summed E-state index contributed by atoms with van der Waals surface area (Å²) in [5.74, 6) is 0. The van der Waals surface area contributed by atoms with Gasteiger partial charge < -0.3 is 0 Å². The van der Waals surface area contributed by atoms with E-state index in [1.807, 2.05) is 6.20 Å². The van der Waals surface area contributed by atoms with Gasteiger partial charge >= 0.3 is 0 Å². The molecule has 14 heavy (non-hydrogen) atoms. The van der Waals surface area contributed by atoms with Gasteiger partial charge in [0.25, 0.3) is 0 Å². The number of hydrogen-bond acceptors (Lipinski definition) is 1. The normalized spacial score (nSPS) is 14.4. The zero-order valence-electron chi connectivity index (χ0n) is 9.42. The fourth-order valence-electron chi connectivity index (χ4n) is 1.97. The van der Waals surface area contributed by atoms with Gasteiger partial charge in [-0.15, -0.1) is 0 Å². The molecule has 0 spiro atoms. The van der Waals surface area contributed by atoms with Crippen LogP contribution in [0.4, 0.5) is 0 Å². The Morgan fingerprint density at radius 3 is 2.71 bits per heavy atom. The summed E-state index contributed by atoms with van der Waals surface area (Å²) in [6.45, 7) is 9.81. The van der Waals surface area contributed by atoms with E-state index in [4.69, 9.17) is 0 Å². The quantitative estimate of drug-likeness (QED) is 0.758. The Balaban J connectivity index is 2.90. The van der Waals surface area contributed by atoms with Gasteiger partial charge in [0.1, 0.15) is 0 Å². The van der Waals surface area contributed by atoms with Gasteiger partial charge in [-0.2, -0.15) is 5.10 Å². The van der Waals surface area contributed by atoms with Gasteiger partial charge in [-0.25, -0.2) is 0 Å². The lowest BCUT2D eigenvalue weighted by Crippen LogP contribution is -2.24. The molecule has 80 valence electrons. The highest BCUT2D eigenvalue weighted by atomic mass is 79.9. The molecular weight excluding hydrogens is 240 g/mol. The molecule has 0 saturated carbocycles. The lowest BCUT2D eigenvalue weighted by molar-refractivity contribution is 0.431. The molecule has 0 aliphatic carbocycles. The van der Waals surface area contributed by atoms with Crippen LogP contribution in [0, 0.1) is 0 Å². The summed E-state index contributed by atoms with van der Waals surface area (Å²) in [7, 11) is 0. The number of nitrogens with zero attached hydrogens (tertiary/aromatic N) is 2. The molecular formula is C11H19BrN2. The van der Waals surface area contributed by atoms with E-state index in [9.17, 15) is 0 Å². The molecule has 1 aromatic heterocycles. The van der Waals surface area contributed by atoms with Crippen molar-refractivity contribution in [2.24, 2.45) is 0 Å². The number of aromatic nitrogens is 2. The summed E-state index contributed by atoms with van der Waals surface area (Å²) in [5, 5.41) is 4.31. The molecule has 0 amide bonds. The third-order valence-electron chi connectivity index (χ3n) is 2.50. The van der Waals surface area contributed by atoms with Crippen LogP contribution in [0.3, 0.4) is 0 Å². The van der Waals surface area contributed by atoms with E-state index in [1.165, 1.54) is 5.69 Å². The van der Waals surface area contributed by atoms with Crippen molar-refractivity contribution in [2.45, 2.75) is 50.9 Å². The van der Waals surface area contributed by atoms with Crippen molar-refractivity contribution in [2.75, 3.05) is 0 Å². The minimum Gasteiger partial charge on any atom is -0.269 e. The Labute approximate surface area is 94.8 Å². The summed E-state index contributed by atoms with van der Waals surface area (Å²) >= 11 is 3.61. The number of aryl methyl sites for hydroxylation is 1. The zero-order valence-corrected chi connectivity index (χ0v) is 11.0. The second-order valence-electron chi connectivity index (χ2n) is 4.40. The van der Waals surface area contributed by atoms with Crippen molar-refractivity contribution >= 4 is 15.9 Å². The highest BCUT2D eigenvalue weighted by molar-refractivity contribution is 9.09. The van der Waals surface area contributed by atoms with E-state index in [-0.39, 0.29) is 5.41 Å². The van der Waals surface area contributed by atoms with Crippen molar-refractivity contribution < 1.29 is 0 Å². The van der Waals surface area contributed by atoms with Gasteiger partial charge in [0.2, 0.25) is 0 Å². The first kappa shape index (κ1) is 11.8. The molecule has 0 saturated heterocycles. The first-order chi connectivity index (χ1) is 6.47. The van der Waals surface area contributed by atoms with Crippen LogP contribution < -0.4 is 0 Å². The molecule has 2 nitrogen and oxygen atoms in total. The standard InChI is InChI=1S/C11H19BrN2/c1-5-14-10(6-7-13-14)11(3,4)8-9(2)12/h6-7,9H,5,8H2,1-4H3. The van der Waals surface area contributed by atoms with Crippen LogP contribution in [-0.2, 0) is 12.0 Å². The second-order valence-corrected chi connectivity index (χ2v) is 5.96. The molecule has 1 unspecified atom stereocenters. The summed E-state index contributed by atoms with van der Waals surface area (Å²) in [5.41, 5.74) is 1.52. The summed E-state index contributed by atoms with van der Waals surface area (Å²) < 4.78 is 2.08. The van der Waals surface area contributed by atoms with Crippen LogP contribution in [0.25, 0.3) is 0 Å². The summed E-state index contributed by atoms with van der Waals surface area (Å²) in [4.78, 5) is 0.540. The van der Waals surface area contributed by atoms with Crippen LogP contribution in [0.15, 0.2) is 12.3 Å². The van der Waals surface area contributed by atoms with E-state index in [1.54, 1.807) is 0 Å². The predicted molar refractivity (Wildman–Crippen MR) is 63.9 cm³/mol. The van der Waals surface area contributed by atoms with Crippen LogP contribution in [0.2, 0.25) is 0 Å². The SMILES string of the molecule is CCn1nccc1C(C)(C)CC(C)Br. The average Bonchev–Trinajstić information content (AvgIpc) is 2.48. The topological polar surface area (TPSA) is 17.8 Å². The minimum absolute atomic E-state index is 0.190. The fraction of sp³-hybridized carbons (Fsp3) is 0.727. The van der Waals surface area contributed by atoms with Gasteiger partial charge in [-0.05, 0) is 19.4 Å². The van der Waals surface area contributed by atoms with E-state index in [2.05, 4.69) is 59.5 Å². The number of alkyl halides is 1. The molecule has 1 atom stereocenters. The Hall–Kier alpha value is -0.310. The van der Waals surface area contributed by atoms with Crippen LogP contribution in [0.1, 0.15) is 39.8 Å². The lowest BCUT2D eigenvalue weighted by atomic mass is 9.84. The van der Waals surface area contributed by atoms with Crippen LogP contribution >= 0.6 is 15.9 Å². The van der Waals surface area contributed by atoms with Gasteiger partial charge in [0, 0.05) is 28.7 Å². The maximum atomic E-state index is 4.31. The van der Waals surface area contributed by atoms with Gasteiger partial charge in [-0.3, -0.25) is 4.68 Å². The highest BCUT2D eigenvalue weighted by Gasteiger charge is 2.25. The highest BCUT2D eigenvalue weighted by Crippen LogP contribution is 2.30. The van der Waals surface area contributed by atoms with Gasteiger partial charge in [0.05, 0.1) is 0 Å². The third kappa shape index (κ3) is 2.59. The van der Waals surface area contributed by atoms with Gasteiger partial charge in [-0.1, -0.05) is 36.7 Å². The summed E-state index contributed by atoms with van der Waals surface area (Å²) in [6, 6.07) is 2.12. The van der Waals surface area contributed by atoms with Crippen molar-refractivity contribution in [3.63, 3.8) is 0 Å².